The van der Waals surface area contributed by atoms with E-state index in [9.17, 15) is 18.5 Å². The van der Waals surface area contributed by atoms with E-state index in [4.69, 9.17) is 0 Å². The Morgan fingerprint density at radius 2 is 1.41 bits per heavy atom. The Hall–Kier alpha value is -2.00. The minimum Gasteiger partial charge on any atom is -0.316 e. The Balaban J connectivity index is 0.00000324. The topological polar surface area (TPSA) is 101 Å². The van der Waals surface area contributed by atoms with Gasteiger partial charge in [-0.05, 0) is 93.0 Å². The molecule has 34 heavy (non-hydrogen) atoms. The third-order valence-electron chi connectivity index (χ3n) is 7.19. The second-order valence-electron chi connectivity index (χ2n) is 9.50. The van der Waals surface area contributed by atoms with E-state index < -0.39 is 14.9 Å². The number of fused-ring (bicyclic) bond motifs is 1. The number of hydrogen-bond donors (Lipinski definition) is 2. The second kappa shape index (κ2) is 12.1. The smallest absolute Gasteiger partial charge is 0.289 e. The highest BCUT2D eigenvalue weighted by Gasteiger charge is 2.27. The average Bonchev–Trinajstić information content (AvgIpc) is 2.83. The van der Waals surface area contributed by atoms with Crippen LogP contribution in [0.1, 0.15) is 43.2 Å². The molecule has 1 atom stereocenters. The molecule has 2 aliphatic carbocycles. The lowest BCUT2D eigenvalue weighted by molar-refractivity contribution is -0.387. The normalized spacial score (nSPS) is 22.4. The van der Waals surface area contributed by atoms with Gasteiger partial charge in [0.05, 0.1) is 4.92 Å². The maximum atomic E-state index is 12.6. The first-order valence-electron chi connectivity index (χ1n) is 11.9. The average molecular weight is 508 g/mol. The molecule has 2 aromatic carbocycles. The van der Waals surface area contributed by atoms with Gasteiger partial charge in [-0.3, -0.25) is 10.1 Å². The van der Waals surface area contributed by atoms with Crippen molar-refractivity contribution in [2.24, 2.45) is 17.8 Å². The number of sulfonamides is 1. The Bertz CT molecular complexity index is 1070. The maximum absolute atomic E-state index is 12.6. The number of hydrogen-bond acceptors (Lipinski definition) is 5. The number of para-hydroxylation sites is 1. The molecule has 9 heteroatoms. The number of halogens is 1. The number of nitrogens with one attached hydrogen (secondary N) is 2. The highest BCUT2D eigenvalue weighted by atomic mass is 35.5. The number of benzene rings is 2. The minimum atomic E-state index is -3.90. The molecule has 2 N–H and O–H groups in total. The van der Waals surface area contributed by atoms with Crippen molar-refractivity contribution in [2.75, 3.05) is 19.6 Å². The molecule has 0 spiro atoms. The summed E-state index contributed by atoms with van der Waals surface area (Å²) in [5, 5.41) is 14.8. The fraction of sp³-hybridized carbons (Fsp3) is 0.520. The molecule has 0 saturated heterocycles. The van der Waals surface area contributed by atoms with E-state index >= 15 is 0 Å². The van der Waals surface area contributed by atoms with Crippen LogP contribution in [0.15, 0.2) is 53.4 Å². The van der Waals surface area contributed by atoms with Gasteiger partial charge in [0.2, 0.25) is 10.0 Å². The monoisotopic (exact) mass is 507 g/mol. The van der Waals surface area contributed by atoms with Crippen LogP contribution in [0.4, 0.5) is 5.69 Å². The summed E-state index contributed by atoms with van der Waals surface area (Å²) in [6.45, 7) is 2.41. The third kappa shape index (κ3) is 6.78. The van der Waals surface area contributed by atoms with Crippen LogP contribution in [-0.2, 0) is 22.9 Å². The lowest BCUT2D eigenvalue weighted by Gasteiger charge is -2.30. The van der Waals surface area contributed by atoms with Gasteiger partial charge in [0, 0.05) is 12.6 Å². The Labute approximate surface area is 208 Å². The fourth-order valence-corrected chi connectivity index (χ4v) is 6.51. The molecule has 0 amide bonds. The summed E-state index contributed by atoms with van der Waals surface area (Å²) in [6, 6.07) is 14.3. The molecule has 1 fully saturated rings. The molecule has 1 unspecified atom stereocenters. The fourth-order valence-electron chi connectivity index (χ4n) is 5.22. The van der Waals surface area contributed by atoms with Gasteiger partial charge in [-0.25, -0.2) is 13.1 Å². The van der Waals surface area contributed by atoms with Crippen molar-refractivity contribution in [3.63, 3.8) is 0 Å². The molecule has 4 rings (SSSR count). The van der Waals surface area contributed by atoms with Crippen molar-refractivity contribution < 1.29 is 13.3 Å². The standard InChI is InChI=1S/C25H33N3O4S.ClH/c29-28(30)24-7-3-4-8-25(24)33(31,32)27-18-20-11-9-19(10-12-20)16-26-17-21-13-14-22-5-1-2-6-23(22)15-21;/h1-8,19-21,26-27H,9-18H2;1H. The van der Waals surface area contributed by atoms with E-state index in [0.717, 1.165) is 45.2 Å². The third-order valence-corrected chi connectivity index (χ3v) is 8.67. The van der Waals surface area contributed by atoms with Crippen LogP contribution in [0.3, 0.4) is 0 Å². The summed E-state index contributed by atoms with van der Waals surface area (Å²) in [6.07, 6.45) is 7.70. The van der Waals surface area contributed by atoms with Crippen molar-refractivity contribution in [3.8, 4) is 0 Å². The number of rotatable bonds is 9. The molecule has 0 aromatic heterocycles. The molecule has 7 nitrogen and oxygen atoms in total. The molecule has 0 bridgehead atoms. The summed E-state index contributed by atoms with van der Waals surface area (Å²) in [4.78, 5) is 10.2. The van der Waals surface area contributed by atoms with Crippen LogP contribution >= 0.6 is 12.4 Å². The van der Waals surface area contributed by atoms with E-state index in [1.807, 2.05) is 0 Å². The zero-order valence-corrected chi connectivity index (χ0v) is 21.0. The number of nitrogens with zero attached hydrogens (tertiary/aromatic N) is 1. The largest absolute Gasteiger partial charge is 0.316 e. The molecule has 1 saturated carbocycles. The van der Waals surface area contributed by atoms with Gasteiger partial charge in [0.1, 0.15) is 0 Å². The first-order chi connectivity index (χ1) is 15.9. The lowest BCUT2D eigenvalue weighted by atomic mass is 9.81. The molecular weight excluding hydrogens is 474 g/mol. The van der Waals surface area contributed by atoms with Crippen molar-refractivity contribution in [3.05, 3.63) is 69.8 Å². The zero-order valence-electron chi connectivity index (χ0n) is 19.3. The van der Waals surface area contributed by atoms with E-state index in [1.165, 1.54) is 48.2 Å². The number of nitro benzene ring substituents is 1. The van der Waals surface area contributed by atoms with Crippen molar-refractivity contribution in [1.82, 2.24) is 10.0 Å². The summed E-state index contributed by atoms with van der Waals surface area (Å²) in [5.74, 6) is 1.60. The molecular formula is C25H34ClN3O4S. The summed E-state index contributed by atoms with van der Waals surface area (Å²) in [5.41, 5.74) is 2.62. The van der Waals surface area contributed by atoms with Crippen LogP contribution in [0.2, 0.25) is 0 Å². The highest BCUT2D eigenvalue weighted by molar-refractivity contribution is 7.89. The Morgan fingerprint density at radius 1 is 0.824 bits per heavy atom. The number of nitro groups is 1. The maximum Gasteiger partial charge on any atom is 0.289 e. The van der Waals surface area contributed by atoms with Crippen LogP contribution in [0.5, 0.6) is 0 Å². The van der Waals surface area contributed by atoms with Gasteiger partial charge in [0.25, 0.3) is 5.69 Å². The zero-order chi connectivity index (χ0) is 23.3. The quantitative estimate of drug-likeness (QED) is 0.384. The molecule has 0 radical (unpaired) electrons. The molecule has 186 valence electrons. The van der Waals surface area contributed by atoms with Crippen molar-refractivity contribution >= 4 is 28.1 Å². The van der Waals surface area contributed by atoms with Gasteiger partial charge >= 0.3 is 0 Å². The molecule has 2 aliphatic rings. The first-order valence-corrected chi connectivity index (χ1v) is 13.4. The van der Waals surface area contributed by atoms with Crippen LogP contribution in [0.25, 0.3) is 0 Å². The van der Waals surface area contributed by atoms with Gasteiger partial charge in [-0.15, -0.1) is 12.4 Å². The van der Waals surface area contributed by atoms with Crippen LogP contribution in [-0.4, -0.2) is 33.0 Å². The predicted molar refractivity (Wildman–Crippen MR) is 136 cm³/mol. The van der Waals surface area contributed by atoms with Gasteiger partial charge < -0.3 is 5.32 Å². The van der Waals surface area contributed by atoms with Gasteiger partial charge in [0.15, 0.2) is 4.90 Å². The van der Waals surface area contributed by atoms with E-state index in [-0.39, 0.29) is 28.9 Å². The van der Waals surface area contributed by atoms with E-state index in [2.05, 4.69) is 34.3 Å². The molecule has 0 aliphatic heterocycles. The van der Waals surface area contributed by atoms with Crippen LogP contribution < -0.4 is 10.0 Å². The highest BCUT2D eigenvalue weighted by Crippen LogP contribution is 2.30. The summed E-state index contributed by atoms with van der Waals surface area (Å²) in [7, 11) is -3.90. The molecule has 0 heterocycles. The number of aryl methyl sites for hydroxylation is 1. The second-order valence-corrected chi connectivity index (χ2v) is 11.2. The minimum absolute atomic E-state index is 0. The predicted octanol–water partition coefficient (Wildman–Crippen LogP) is 4.50. The lowest BCUT2D eigenvalue weighted by Crippen LogP contribution is -2.35. The van der Waals surface area contributed by atoms with Crippen LogP contribution in [0, 0.1) is 27.9 Å². The van der Waals surface area contributed by atoms with E-state index in [0.29, 0.717) is 18.4 Å². The van der Waals surface area contributed by atoms with Gasteiger partial charge in [-0.1, -0.05) is 36.4 Å². The summed E-state index contributed by atoms with van der Waals surface area (Å²) >= 11 is 0. The van der Waals surface area contributed by atoms with Crippen molar-refractivity contribution in [2.45, 2.75) is 49.8 Å². The Kier molecular flexibility index (Phi) is 9.47. The first kappa shape index (κ1) is 26.6. The van der Waals surface area contributed by atoms with Crippen molar-refractivity contribution in [1.29, 1.82) is 0 Å². The van der Waals surface area contributed by atoms with Gasteiger partial charge in [-0.2, -0.15) is 0 Å². The SMILES string of the molecule is Cl.O=[N+]([O-])c1ccccc1S(=O)(=O)NCC1CCC(CNCC2CCc3ccccc3C2)CC1. The Morgan fingerprint density at radius 3 is 2.12 bits per heavy atom. The summed E-state index contributed by atoms with van der Waals surface area (Å²) < 4.78 is 27.8. The van der Waals surface area contributed by atoms with E-state index in [1.54, 1.807) is 0 Å². The molecule has 2 aromatic rings.